The predicted molar refractivity (Wildman–Crippen MR) is 66.0 cm³/mol. The summed E-state index contributed by atoms with van der Waals surface area (Å²) in [6.45, 7) is 5.62. The summed E-state index contributed by atoms with van der Waals surface area (Å²) in [5, 5.41) is 13.1. The van der Waals surface area contributed by atoms with E-state index in [4.69, 9.17) is 0 Å². The fraction of sp³-hybridized carbons (Fsp3) is 0.727. The Hall–Kier alpha value is -0.470. The molecule has 0 aromatic carbocycles. The van der Waals surface area contributed by atoms with Gasteiger partial charge in [0.1, 0.15) is 5.41 Å². The van der Waals surface area contributed by atoms with E-state index >= 15 is 0 Å². The minimum atomic E-state index is -1.15. The van der Waals surface area contributed by atoms with Gasteiger partial charge in [0.25, 0.3) is 5.91 Å². The van der Waals surface area contributed by atoms with E-state index in [2.05, 4.69) is 10.3 Å². The van der Waals surface area contributed by atoms with Crippen LogP contribution in [0.15, 0.2) is 4.99 Å². The van der Waals surface area contributed by atoms with Gasteiger partial charge in [0.05, 0.1) is 6.02 Å². The summed E-state index contributed by atoms with van der Waals surface area (Å²) in [7, 11) is 0. The van der Waals surface area contributed by atoms with Gasteiger partial charge in [0.2, 0.25) is 5.91 Å². The van der Waals surface area contributed by atoms with Crippen LogP contribution in [0.4, 0.5) is 0 Å². The summed E-state index contributed by atoms with van der Waals surface area (Å²) >= 11 is 0. The van der Waals surface area contributed by atoms with Crippen LogP contribution < -0.4 is 46.1 Å². The third-order valence-electron chi connectivity index (χ3n) is 3.33. The number of carbonyl (C=O) groups excluding carboxylic acids is 2. The zero-order chi connectivity index (χ0) is 12.3. The number of aliphatic imine (C=N–C) groups is 1. The van der Waals surface area contributed by atoms with Gasteiger partial charge >= 0.3 is 29.6 Å². The first-order valence-electron chi connectivity index (χ1n) is 5.60. The third kappa shape index (κ3) is 4.25. The van der Waals surface area contributed by atoms with Crippen LogP contribution in [0.3, 0.4) is 0 Å². The van der Waals surface area contributed by atoms with Crippen molar-refractivity contribution in [3.8, 4) is 0 Å². The molecule has 0 aliphatic carbocycles. The number of nitrogens with one attached hydrogen (secondary N) is 1. The topological polar surface area (TPSA) is 148 Å². The summed E-state index contributed by atoms with van der Waals surface area (Å²) in [5.74, 6) is -1.20. The van der Waals surface area contributed by atoms with Crippen LogP contribution in [-0.4, -0.2) is 23.3 Å². The second-order valence-electron chi connectivity index (χ2n) is 4.19. The van der Waals surface area contributed by atoms with Crippen LogP contribution in [0.25, 0.3) is 0 Å². The van der Waals surface area contributed by atoms with Crippen LogP contribution in [0.1, 0.15) is 40.0 Å². The first kappa shape index (κ1) is 23.6. The third-order valence-corrected chi connectivity index (χ3v) is 3.33. The van der Waals surface area contributed by atoms with E-state index in [9.17, 15) is 14.7 Å². The number of nitrogens with zero attached hydrogens (tertiary/aromatic N) is 1. The molecule has 1 aliphatic rings. The van der Waals surface area contributed by atoms with Gasteiger partial charge in [-0.1, -0.05) is 27.2 Å². The van der Waals surface area contributed by atoms with Crippen LogP contribution in [0.5, 0.6) is 0 Å². The Morgan fingerprint density at radius 2 is 1.89 bits per heavy atom. The molecule has 2 unspecified atom stereocenters. The zero-order valence-corrected chi connectivity index (χ0v) is 14.1. The van der Waals surface area contributed by atoms with Crippen molar-refractivity contribution in [2.45, 2.75) is 40.0 Å². The van der Waals surface area contributed by atoms with E-state index in [0.29, 0.717) is 6.42 Å². The maximum atomic E-state index is 11.9. The van der Waals surface area contributed by atoms with Gasteiger partial charge in [0, 0.05) is 0 Å². The molecule has 0 saturated carbocycles. The van der Waals surface area contributed by atoms with Crippen LogP contribution in [-0.2, 0) is 9.59 Å². The van der Waals surface area contributed by atoms with Crippen molar-refractivity contribution in [2.75, 3.05) is 0 Å². The summed E-state index contributed by atoms with van der Waals surface area (Å²) < 4.78 is 0. The number of hydrogen-bond donors (Lipinski definition) is 2. The molecule has 7 nitrogen and oxygen atoms in total. The molecule has 0 aromatic rings. The Balaban J connectivity index is -0.000000853. The standard InChI is InChI=1S/C11H18N2O3.H3N.Na.H2O/c1-4-6-7(3)11(5-2)8(14)12-10(16)13-9(11)15;;;/h7H,4-6H2,1-3H3,(H2,12,13,14,15,16);1H3;;1H2/q;;+1;/p-1. The van der Waals surface area contributed by atoms with E-state index < -0.39 is 23.3 Å². The van der Waals surface area contributed by atoms with E-state index in [1.165, 1.54) is 0 Å². The van der Waals surface area contributed by atoms with Crippen molar-refractivity contribution in [1.29, 1.82) is 0 Å². The first-order chi connectivity index (χ1) is 7.48. The molecule has 0 fully saturated rings. The molecule has 1 heterocycles. The molecule has 0 saturated heterocycles. The van der Waals surface area contributed by atoms with E-state index in [0.717, 1.165) is 12.8 Å². The van der Waals surface area contributed by atoms with Crippen molar-refractivity contribution in [1.82, 2.24) is 11.5 Å². The molecular formula is C11H22N3NaO4. The number of hydrogen-bond acceptors (Lipinski definition) is 4. The second-order valence-corrected chi connectivity index (χ2v) is 4.19. The van der Waals surface area contributed by atoms with Crippen molar-refractivity contribution >= 4 is 17.8 Å². The summed E-state index contributed by atoms with van der Waals surface area (Å²) in [6, 6.07) is -0.845. The predicted octanol–water partition coefficient (Wildman–Crippen LogP) is -3.47. The number of rotatable bonds is 4. The van der Waals surface area contributed by atoms with Crippen LogP contribution in [0.2, 0.25) is 0 Å². The van der Waals surface area contributed by atoms with Gasteiger partial charge in [-0.15, -0.1) is 0 Å². The quantitative estimate of drug-likeness (QED) is 0.407. The van der Waals surface area contributed by atoms with Crippen molar-refractivity contribution in [3.63, 3.8) is 0 Å². The maximum Gasteiger partial charge on any atom is 1.00 e. The first-order valence-corrected chi connectivity index (χ1v) is 5.60. The molecule has 1 aliphatic heterocycles. The molecule has 0 radical (unpaired) electrons. The summed E-state index contributed by atoms with van der Waals surface area (Å²) in [6.07, 6.45) is 2.02. The smallest absolute Gasteiger partial charge is 0.846 e. The van der Waals surface area contributed by atoms with E-state index in [1.807, 2.05) is 13.8 Å². The van der Waals surface area contributed by atoms with Gasteiger partial charge in [-0.25, -0.2) is 4.99 Å². The monoisotopic (exact) mass is 283 g/mol. The normalized spacial score (nSPS) is 23.0. The number of carbonyl (C=O) groups is 2. The largest absolute Gasteiger partial charge is 1.00 e. The Labute approximate surface area is 135 Å². The zero-order valence-electron chi connectivity index (χ0n) is 12.1. The van der Waals surface area contributed by atoms with Gasteiger partial charge in [-0.3, -0.25) is 9.59 Å². The molecule has 0 spiro atoms. The molecule has 106 valence electrons. The molecule has 2 amide bonds. The molecule has 19 heavy (non-hydrogen) atoms. The minimum absolute atomic E-state index is 0. The molecule has 2 atom stereocenters. The van der Waals surface area contributed by atoms with Crippen molar-refractivity contribution in [3.05, 3.63) is 0 Å². The fourth-order valence-electron chi connectivity index (χ4n) is 2.30. The number of amidine groups is 1. The van der Waals surface area contributed by atoms with Gasteiger partial charge in [-0.05, 0) is 18.8 Å². The minimum Gasteiger partial charge on any atom is -0.846 e. The molecule has 8 heteroatoms. The maximum absolute atomic E-state index is 11.9. The van der Waals surface area contributed by atoms with E-state index in [1.54, 1.807) is 6.92 Å². The molecule has 1 rings (SSSR count). The Bertz CT molecular complexity index is 349. The van der Waals surface area contributed by atoms with Gasteiger partial charge in [-0.2, -0.15) is 0 Å². The van der Waals surface area contributed by atoms with E-state index in [-0.39, 0.29) is 47.1 Å². The average Bonchev–Trinajstić information content (AvgIpc) is 2.18. The number of amides is 2. The summed E-state index contributed by atoms with van der Waals surface area (Å²) in [4.78, 5) is 27.1. The molecule has 0 aromatic heterocycles. The molecule has 0 bridgehead atoms. The second kappa shape index (κ2) is 9.44. The average molecular weight is 283 g/mol. The van der Waals surface area contributed by atoms with Gasteiger partial charge < -0.3 is 22.1 Å². The van der Waals surface area contributed by atoms with Crippen molar-refractivity contribution < 1.29 is 49.7 Å². The summed E-state index contributed by atoms with van der Waals surface area (Å²) in [5.41, 5.74) is -1.15. The Morgan fingerprint density at radius 1 is 1.37 bits per heavy atom. The van der Waals surface area contributed by atoms with Crippen LogP contribution >= 0.6 is 0 Å². The molecule has 6 N–H and O–H groups in total. The Morgan fingerprint density at radius 3 is 2.26 bits per heavy atom. The SMILES string of the molecule is CCCC(C)C1(CC)C(=O)N=C([O-])NC1=O.N.O.[Na+]. The molecular weight excluding hydrogens is 261 g/mol. The van der Waals surface area contributed by atoms with Gasteiger partial charge in [0.15, 0.2) is 0 Å². The van der Waals surface area contributed by atoms with Crippen LogP contribution in [0, 0.1) is 11.3 Å². The fourth-order valence-corrected chi connectivity index (χ4v) is 2.30. The van der Waals surface area contributed by atoms with Crippen molar-refractivity contribution in [2.24, 2.45) is 16.3 Å². The Kier molecular flexibility index (Phi) is 11.7.